The SMILES string of the molecule is Cn1c(Br)cnc1CN1CC[C@H](N2C=CN(c3ccc(-c4ccccc4)cc3)C2)C1. The van der Waals surface area contributed by atoms with Gasteiger partial charge in [-0.25, -0.2) is 4.98 Å². The Hall–Kier alpha value is -2.57. The predicted octanol–water partition coefficient (Wildman–Crippen LogP) is 4.67. The number of halogens is 1. The maximum atomic E-state index is 4.52. The van der Waals surface area contributed by atoms with Crippen LogP contribution in [0.1, 0.15) is 12.2 Å². The smallest absolute Gasteiger partial charge is 0.123 e. The summed E-state index contributed by atoms with van der Waals surface area (Å²) in [6, 6.07) is 20.0. The van der Waals surface area contributed by atoms with E-state index in [0.29, 0.717) is 6.04 Å². The molecule has 1 atom stereocenters. The van der Waals surface area contributed by atoms with E-state index in [1.165, 1.54) is 23.2 Å². The molecule has 0 N–H and O–H groups in total. The van der Waals surface area contributed by atoms with Crippen molar-refractivity contribution in [3.05, 3.63) is 83.6 Å². The van der Waals surface area contributed by atoms with Gasteiger partial charge in [0.1, 0.15) is 10.4 Å². The first kappa shape index (κ1) is 19.4. The number of likely N-dealkylation sites (tertiary alicyclic amines) is 1. The van der Waals surface area contributed by atoms with E-state index in [9.17, 15) is 0 Å². The standard InChI is InChI=1S/C24H26BrN5/c1-27-23(25)15-26-24(27)17-28-12-11-22(16-28)30-14-13-29(18-30)21-9-7-20(8-10-21)19-5-3-2-4-6-19/h2-10,13-15,22H,11-12,16-18H2,1H3/t22-/m0/s1. The monoisotopic (exact) mass is 463 g/mol. The van der Waals surface area contributed by atoms with Gasteiger partial charge in [0.2, 0.25) is 0 Å². The van der Waals surface area contributed by atoms with Crippen molar-refractivity contribution in [1.82, 2.24) is 19.4 Å². The van der Waals surface area contributed by atoms with Crippen molar-refractivity contribution in [1.29, 1.82) is 0 Å². The topological polar surface area (TPSA) is 27.5 Å². The molecule has 0 unspecified atom stereocenters. The van der Waals surface area contributed by atoms with Gasteiger partial charge in [0, 0.05) is 44.3 Å². The molecule has 1 fully saturated rings. The van der Waals surface area contributed by atoms with Crippen LogP contribution in [0.3, 0.4) is 0 Å². The number of imidazole rings is 1. The highest BCUT2D eigenvalue weighted by atomic mass is 79.9. The summed E-state index contributed by atoms with van der Waals surface area (Å²) in [5.41, 5.74) is 3.75. The second-order valence-electron chi connectivity index (χ2n) is 8.07. The Balaban J connectivity index is 1.18. The summed E-state index contributed by atoms with van der Waals surface area (Å²) in [4.78, 5) is 11.8. The zero-order valence-electron chi connectivity index (χ0n) is 17.2. The van der Waals surface area contributed by atoms with E-state index in [-0.39, 0.29) is 0 Å². The van der Waals surface area contributed by atoms with Crippen LogP contribution in [0.5, 0.6) is 0 Å². The third-order valence-electron chi connectivity index (χ3n) is 6.17. The van der Waals surface area contributed by atoms with Crippen LogP contribution in [0.2, 0.25) is 0 Å². The van der Waals surface area contributed by atoms with Crippen molar-refractivity contribution in [3.8, 4) is 11.1 Å². The van der Waals surface area contributed by atoms with Gasteiger partial charge in [-0.05, 0) is 45.6 Å². The number of hydrogen-bond donors (Lipinski definition) is 0. The summed E-state index contributed by atoms with van der Waals surface area (Å²) in [7, 11) is 2.06. The maximum Gasteiger partial charge on any atom is 0.123 e. The van der Waals surface area contributed by atoms with Gasteiger partial charge in [-0.3, -0.25) is 4.90 Å². The molecule has 1 saturated heterocycles. The Morgan fingerprint density at radius 2 is 1.77 bits per heavy atom. The minimum atomic E-state index is 0.554. The van der Waals surface area contributed by atoms with Gasteiger partial charge < -0.3 is 14.4 Å². The van der Waals surface area contributed by atoms with Crippen LogP contribution in [-0.4, -0.2) is 45.2 Å². The molecule has 0 saturated carbocycles. The molecular weight excluding hydrogens is 438 g/mol. The van der Waals surface area contributed by atoms with Crippen LogP contribution in [0.25, 0.3) is 11.1 Å². The lowest BCUT2D eigenvalue weighted by Crippen LogP contribution is -2.36. The van der Waals surface area contributed by atoms with Crippen LogP contribution in [0.4, 0.5) is 5.69 Å². The normalized spacial score (nSPS) is 19.2. The number of rotatable bonds is 5. The first-order valence-electron chi connectivity index (χ1n) is 10.4. The molecule has 2 aliphatic rings. The van der Waals surface area contributed by atoms with E-state index in [0.717, 1.165) is 36.7 Å². The van der Waals surface area contributed by atoms with Gasteiger partial charge in [0.25, 0.3) is 0 Å². The van der Waals surface area contributed by atoms with E-state index in [2.05, 4.69) is 114 Å². The molecule has 0 spiro atoms. The molecule has 3 heterocycles. The molecule has 30 heavy (non-hydrogen) atoms. The number of nitrogens with zero attached hydrogens (tertiary/aromatic N) is 5. The molecule has 3 aromatic rings. The minimum Gasteiger partial charge on any atom is -0.354 e. The van der Waals surface area contributed by atoms with Crippen LogP contribution in [0.15, 0.2) is 77.8 Å². The molecule has 0 amide bonds. The lowest BCUT2D eigenvalue weighted by molar-refractivity contribution is 0.261. The molecule has 2 aromatic carbocycles. The van der Waals surface area contributed by atoms with Crippen LogP contribution >= 0.6 is 15.9 Å². The van der Waals surface area contributed by atoms with Gasteiger partial charge in [0.15, 0.2) is 0 Å². The van der Waals surface area contributed by atoms with Crippen molar-refractivity contribution in [2.75, 3.05) is 24.7 Å². The zero-order valence-corrected chi connectivity index (χ0v) is 18.7. The number of benzene rings is 2. The fraction of sp³-hybridized carbons (Fsp3) is 0.292. The minimum absolute atomic E-state index is 0.554. The maximum absolute atomic E-state index is 4.52. The average Bonchev–Trinajstić information content (AvgIpc) is 3.52. The molecule has 0 radical (unpaired) electrons. The lowest BCUT2D eigenvalue weighted by Gasteiger charge is -2.27. The first-order valence-corrected chi connectivity index (χ1v) is 11.2. The largest absolute Gasteiger partial charge is 0.354 e. The molecule has 0 bridgehead atoms. The molecule has 2 aliphatic heterocycles. The second-order valence-corrected chi connectivity index (χ2v) is 8.88. The number of anilines is 1. The van der Waals surface area contributed by atoms with Crippen molar-refractivity contribution in [2.45, 2.75) is 19.0 Å². The highest BCUT2D eigenvalue weighted by molar-refractivity contribution is 9.10. The van der Waals surface area contributed by atoms with Crippen molar-refractivity contribution in [3.63, 3.8) is 0 Å². The van der Waals surface area contributed by atoms with Crippen LogP contribution < -0.4 is 4.90 Å². The fourth-order valence-electron chi connectivity index (χ4n) is 4.31. The lowest BCUT2D eigenvalue weighted by atomic mass is 10.1. The average molecular weight is 464 g/mol. The summed E-state index contributed by atoms with van der Waals surface area (Å²) in [5, 5.41) is 0. The molecule has 154 valence electrons. The van der Waals surface area contributed by atoms with Crippen LogP contribution in [-0.2, 0) is 13.6 Å². The second kappa shape index (κ2) is 8.28. The summed E-state index contributed by atoms with van der Waals surface area (Å²) in [5.74, 6) is 1.11. The Morgan fingerprint density at radius 1 is 1.00 bits per heavy atom. The van der Waals surface area contributed by atoms with Crippen molar-refractivity contribution < 1.29 is 0 Å². The van der Waals surface area contributed by atoms with E-state index in [1.54, 1.807) is 0 Å². The third kappa shape index (κ3) is 3.89. The quantitative estimate of drug-likeness (QED) is 0.549. The van der Waals surface area contributed by atoms with Crippen molar-refractivity contribution in [2.24, 2.45) is 7.05 Å². The Morgan fingerprint density at radius 3 is 2.50 bits per heavy atom. The summed E-state index contributed by atoms with van der Waals surface area (Å²) < 4.78 is 3.15. The fourth-order valence-corrected chi connectivity index (χ4v) is 4.62. The summed E-state index contributed by atoms with van der Waals surface area (Å²) >= 11 is 3.54. The molecule has 0 aliphatic carbocycles. The summed E-state index contributed by atoms with van der Waals surface area (Å²) in [6.45, 7) is 4.01. The number of hydrogen-bond acceptors (Lipinski definition) is 4. The summed E-state index contributed by atoms with van der Waals surface area (Å²) in [6.07, 6.45) is 7.52. The van der Waals surface area contributed by atoms with E-state index < -0.39 is 0 Å². The van der Waals surface area contributed by atoms with Crippen LogP contribution in [0, 0.1) is 0 Å². The van der Waals surface area contributed by atoms with Crippen molar-refractivity contribution >= 4 is 21.6 Å². The van der Waals surface area contributed by atoms with Gasteiger partial charge in [-0.1, -0.05) is 42.5 Å². The van der Waals surface area contributed by atoms with Gasteiger partial charge in [-0.15, -0.1) is 0 Å². The molecule has 5 rings (SSSR count). The molecule has 6 heteroatoms. The third-order valence-corrected chi connectivity index (χ3v) is 6.91. The Labute approximate surface area is 186 Å². The highest BCUT2D eigenvalue weighted by Crippen LogP contribution is 2.27. The molecular formula is C24H26BrN5. The molecule has 1 aromatic heterocycles. The Kier molecular flexibility index (Phi) is 5.35. The van der Waals surface area contributed by atoms with E-state index in [1.807, 2.05) is 6.20 Å². The molecule has 5 nitrogen and oxygen atoms in total. The first-order chi connectivity index (χ1) is 14.7. The van der Waals surface area contributed by atoms with E-state index >= 15 is 0 Å². The van der Waals surface area contributed by atoms with Gasteiger partial charge in [0.05, 0.1) is 19.4 Å². The predicted molar refractivity (Wildman–Crippen MR) is 125 cm³/mol. The van der Waals surface area contributed by atoms with E-state index in [4.69, 9.17) is 0 Å². The van der Waals surface area contributed by atoms with Gasteiger partial charge in [-0.2, -0.15) is 0 Å². The Bertz CT molecular complexity index is 1030. The highest BCUT2D eigenvalue weighted by Gasteiger charge is 2.29. The van der Waals surface area contributed by atoms with Gasteiger partial charge >= 0.3 is 0 Å². The number of aromatic nitrogens is 2. The zero-order chi connectivity index (χ0) is 20.5.